The molecule has 27 heavy (non-hydrogen) atoms. The highest BCUT2D eigenvalue weighted by Gasteiger charge is 2.17. The average Bonchev–Trinajstić information content (AvgIpc) is 3.03. The molecule has 5 heteroatoms. The van der Waals surface area contributed by atoms with Gasteiger partial charge in [-0.15, -0.1) is 0 Å². The zero-order valence-electron chi connectivity index (χ0n) is 16.0. The van der Waals surface area contributed by atoms with Crippen molar-refractivity contribution in [2.45, 2.75) is 33.4 Å². The number of carbonyl (C=O) groups excluding carboxylic acids is 1. The van der Waals surface area contributed by atoms with Gasteiger partial charge in [0.25, 0.3) is 0 Å². The number of ether oxygens (including phenoxy) is 1. The lowest BCUT2D eigenvalue weighted by Gasteiger charge is -2.17. The minimum atomic E-state index is -0.233. The number of imidazole rings is 1. The van der Waals surface area contributed by atoms with Gasteiger partial charge >= 0.3 is 0 Å². The fourth-order valence-corrected chi connectivity index (χ4v) is 3.26. The molecule has 1 N–H and O–H groups in total. The molecular weight excluding hydrogens is 338 g/mol. The summed E-state index contributed by atoms with van der Waals surface area (Å²) in [6.07, 6.45) is 1.27. The van der Waals surface area contributed by atoms with Crippen LogP contribution in [0.3, 0.4) is 0 Å². The summed E-state index contributed by atoms with van der Waals surface area (Å²) in [6, 6.07) is 13.9. The fraction of sp³-hybridized carbons (Fsp3) is 0.273. The van der Waals surface area contributed by atoms with Crippen molar-refractivity contribution in [2.75, 3.05) is 6.61 Å². The molecule has 1 aromatic heterocycles. The predicted molar refractivity (Wildman–Crippen MR) is 108 cm³/mol. The number of para-hydroxylation sites is 3. The van der Waals surface area contributed by atoms with Crippen LogP contribution in [0.1, 0.15) is 29.9 Å². The second-order valence-electron chi connectivity index (χ2n) is 6.61. The highest BCUT2D eigenvalue weighted by molar-refractivity contribution is 5.87. The summed E-state index contributed by atoms with van der Waals surface area (Å²) >= 11 is 0. The summed E-state index contributed by atoms with van der Waals surface area (Å²) in [7, 11) is 0. The van der Waals surface area contributed by atoms with Crippen LogP contribution in [-0.4, -0.2) is 22.1 Å². The molecule has 0 fully saturated rings. The molecule has 0 saturated carbocycles. The number of nitrogens with one attached hydrogen (secondary N) is 1. The van der Waals surface area contributed by atoms with E-state index in [2.05, 4.69) is 16.5 Å². The van der Waals surface area contributed by atoms with Crippen molar-refractivity contribution < 1.29 is 9.53 Å². The Balaban J connectivity index is 1.85. The maximum Gasteiger partial charge on any atom is 0.243 e. The molecule has 0 aliphatic rings. The highest BCUT2D eigenvalue weighted by atomic mass is 16.5. The number of aryl methyl sites for hydroxylation is 2. The quantitative estimate of drug-likeness (QED) is 0.643. The third kappa shape index (κ3) is 4.03. The van der Waals surface area contributed by atoms with Crippen molar-refractivity contribution in [2.24, 2.45) is 0 Å². The third-order valence-corrected chi connectivity index (χ3v) is 4.59. The molecule has 1 heterocycles. The van der Waals surface area contributed by atoms with Crippen molar-refractivity contribution in [3.63, 3.8) is 0 Å². The molecule has 1 amide bonds. The van der Waals surface area contributed by atoms with Gasteiger partial charge in [0.2, 0.25) is 5.91 Å². The van der Waals surface area contributed by atoms with Crippen LogP contribution in [-0.2, 0) is 11.3 Å². The van der Waals surface area contributed by atoms with E-state index in [9.17, 15) is 4.79 Å². The summed E-state index contributed by atoms with van der Waals surface area (Å²) in [5.41, 5.74) is 4.17. The van der Waals surface area contributed by atoms with Gasteiger partial charge in [-0.2, -0.15) is 0 Å². The van der Waals surface area contributed by atoms with E-state index in [4.69, 9.17) is 9.72 Å². The Hall–Kier alpha value is -3.08. The summed E-state index contributed by atoms with van der Waals surface area (Å²) < 4.78 is 8.18. The first-order valence-corrected chi connectivity index (χ1v) is 9.08. The lowest BCUT2D eigenvalue weighted by Crippen LogP contribution is -2.27. The Morgan fingerprint density at radius 1 is 1.22 bits per heavy atom. The van der Waals surface area contributed by atoms with Crippen LogP contribution in [0, 0.1) is 13.8 Å². The molecule has 3 aromatic rings. The minimum absolute atomic E-state index is 0.215. The Kier molecular flexibility index (Phi) is 5.60. The van der Waals surface area contributed by atoms with E-state index < -0.39 is 0 Å². The molecular formula is C22H25N3O2. The molecule has 2 aromatic carbocycles. The number of amides is 1. The molecule has 0 aliphatic heterocycles. The van der Waals surface area contributed by atoms with E-state index in [0.29, 0.717) is 13.2 Å². The second-order valence-corrected chi connectivity index (χ2v) is 6.61. The lowest BCUT2D eigenvalue weighted by molar-refractivity contribution is -0.117. The molecule has 5 nitrogen and oxygen atoms in total. The second kappa shape index (κ2) is 8.08. The summed E-state index contributed by atoms with van der Waals surface area (Å²) in [5.74, 6) is 1.51. The topological polar surface area (TPSA) is 56.2 Å². The normalized spacial score (nSPS) is 12.0. The number of aromatic nitrogens is 2. The smallest absolute Gasteiger partial charge is 0.243 e. The van der Waals surface area contributed by atoms with Crippen LogP contribution in [0.2, 0.25) is 0 Å². The summed E-state index contributed by atoms with van der Waals surface area (Å²) in [6.45, 7) is 10.7. The summed E-state index contributed by atoms with van der Waals surface area (Å²) in [5, 5.41) is 2.89. The highest BCUT2D eigenvalue weighted by Crippen LogP contribution is 2.24. The van der Waals surface area contributed by atoms with E-state index in [1.165, 1.54) is 6.08 Å². The van der Waals surface area contributed by atoms with Gasteiger partial charge in [-0.3, -0.25) is 4.79 Å². The number of benzene rings is 2. The van der Waals surface area contributed by atoms with Crippen LogP contribution < -0.4 is 10.1 Å². The SMILES string of the molecule is C=CC(=O)NC(C)c1nc2ccccc2n1CCOc1c(C)cccc1C. The molecule has 1 unspecified atom stereocenters. The Bertz CT molecular complexity index is 955. The third-order valence-electron chi connectivity index (χ3n) is 4.59. The number of rotatable bonds is 7. The van der Waals surface area contributed by atoms with E-state index in [1.54, 1.807) is 0 Å². The lowest BCUT2D eigenvalue weighted by atomic mass is 10.1. The zero-order valence-corrected chi connectivity index (χ0v) is 16.0. The van der Waals surface area contributed by atoms with Crippen molar-refractivity contribution in [1.82, 2.24) is 14.9 Å². The van der Waals surface area contributed by atoms with Gasteiger partial charge in [0.15, 0.2) is 0 Å². The van der Waals surface area contributed by atoms with Crippen molar-refractivity contribution in [3.8, 4) is 5.75 Å². The minimum Gasteiger partial charge on any atom is -0.491 e. The Morgan fingerprint density at radius 3 is 2.63 bits per heavy atom. The first-order valence-electron chi connectivity index (χ1n) is 9.08. The molecule has 0 saturated heterocycles. The molecule has 140 valence electrons. The number of carbonyl (C=O) groups is 1. The van der Waals surface area contributed by atoms with Crippen molar-refractivity contribution >= 4 is 16.9 Å². The number of hydrogen-bond donors (Lipinski definition) is 1. The summed E-state index contributed by atoms with van der Waals surface area (Å²) in [4.78, 5) is 16.4. The molecule has 0 spiro atoms. The fourth-order valence-electron chi connectivity index (χ4n) is 3.26. The van der Waals surface area contributed by atoms with E-state index in [0.717, 1.165) is 33.7 Å². The Labute approximate surface area is 159 Å². The van der Waals surface area contributed by atoms with E-state index in [1.807, 2.05) is 63.2 Å². The molecule has 3 rings (SSSR count). The number of hydrogen-bond acceptors (Lipinski definition) is 3. The van der Waals surface area contributed by atoms with E-state index >= 15 is 0 Å². The van der Waals surface area contributed by atoms with Crippen LogP contribution in [0.4, 0.5) is 0 Å². The van der Waals surface area contributed by atoms with Gasteiger partial charge in [0, 0.05) is 0 Å². The van der Waals surface area contributed by atoms with Crippen LogP contribution in [0.25, 0.3) is 11.0 Å². The van der Waals surface area contributed by atoms with Crippen molar-refractivity contribution in [3.05, 3.63) is 72.1 Å². The first-order chi connectivity index (χ1) is 13.0. The van der Waals surface area contributed by atoms with Gasteiger partial charge in [-0.05, 0) is 50.1 Å². The molecule has 0 bridgehead atoms. The van der Waals surface area contributed by atoms with Gasteiger partial charge in [0.05, 0.1) is 23.6 Å². The predicted octanol–water partition coefficient (Wildman–Crippen LogP) is 4.10. The average molecular weight is 363 g/mol. The van der Waals surface area contributed by atoms with Gasteiger partial charge in [-0.25, -0.2) is 4.98 Å². The van der Waals surface area contributed by atoms with Gasteiger partial charge in [-0.1, -0.05) is 36.9 Å². The number of nitrogens with zero attached hydrogens (tertiary/aromatic N) is 2. The maximum atomic E-state index is 11.7. The first kappa shape index (κ1) is 18.7. The maximum absolute atomic E-state index is 11.7. The van der Waals surface area contributed by atoms with E-state index in [-0.39, 0.29) is 11.9 Å². The zero-order chi connectivity index (χ0) is 19.4. The van der Waals surface area contributed by atoms with Crippen LogP contribution in [0.15, 0.2) is 55.1 Å². The number of fused-ring (bicyclic) bond motifs is 1. The Morgan fingerprint density at radius 2 is 1.93 bits per heavy atom. The molecule has 0 aliphatic carbocycles. The standard InChI is InChI=1S/C22H25N3O2/c1-5-20(26)23-17(4)22-24-18-11-6-7-12-19(18)25(22)13-14-27-21-15(2)9-8-10-16(21)3/h5-12,17H,1,13-14H2,2-4H3,(H,23,26). The van der Waals surface area contributed by atoms with Gasteiger partial charge < -0.3 is 14.6 Å². The monoisotopic (exact) mass is 363 g/mol. The van der Waals surface area contributed by atoms with Crippen molar-refractivity contribution in [1.29, 1.82) is 0 Å². The largest absolute Gasteiger partial charge is 0.491 e. The molecule has 1 atom stereocenters. The molecule has 0 radical (unpaired) electrons. The van der Waals surface area contributed by atoms with Crippen LogP contribution in [0.5, 0.6) is 5.75 Å². The van der Waals surface area contributed by atoms with Crippen LogP contribution >= 0.6 is 0 Å². The van der Waals surface area contributed by atoms with Gasteiger partial charge in [0.1, 0.15) is 18.2 Å².